The Morgan fingerprint density at radius 3 is 2.39 bits per heavy atom. The molecule has 0 radical (unpaired) electrons. The Hall–Kier alpha value is -1.32. The summed E-state index contributed by atoms with van der Waals surface area (Å²) in [5.74, 6) is -0.996. The number of aromatic amines is 1. The minimum Gasteiger partial charge on any atom is -0.390 e. The molecule has 7 N–H and O–H groups in total. The average molecular weight is 506 g/mol. The van der Waals surface area contributed by atoms with E-state index in [9.17, 15) is 33.6 Å². The van der Waals surface area contributed by atoms with Crippen molar-refractivity contribution in [3.8, 4) is 0 Å². The van der Waals surface area contributed by atoms with Gasteiger partial charge in [0.25, 0.3) is 5.56 Å². The van der Waals surface area contributed by atoms with Crippen LogP contribution in [0.1, 0.15) is 12.5 Å². The number of phosphoric acid groups is 3. The standard InChI is InChI=1S/C11H17N4O13P3/c16-8-5(2-26-30(22,23)28-31(24,25)27-29(19,20)21)1-6(9(8)17)15-4-14-7-10(15)12-3-13-11(7)18/h3-6,8-9,16-17H,1-2H2,(H,22,23)(H,24,25)(H,12,13,18)(H2,19,20,21)/t5?,6-,8-,9+/m1/s1. The summed E-state index contributed by atoms with van der Waals surface area (Å²) in [6.07, 6.45) is -0.631. The summed E-state index contributed by atoms with van der Waals surface area (Å²) in [4.78, 5) is 57.6. The van der Waals surface area contributed by atoms with Gasteiger partial charge >= 0.3 is 23.5 Å². The first-order chi connectivity index (χ1) is 14.2. The van der Waals surface area contributed by atoms with Crippen LogP contribution >= 0.6 is 23.5 Å². The summed E-state index contributed by atoms with van der Waals surface area (Å²) in [6, 6.07) is -0.858. The molecule has 17 nitrogen and oxygen atoms in total. The fraction of sp³-hybridized carbons (Fsp3) is 0.545. The summed E-state index contributed by atoms with van der Waals surface area (Å²) < 4.78 is 46.8. The number of aliphatic hydroxyl groups is 2. The van der Waals surface area contributed by atoms with Crippen molar-refractivity contribution in [1.29, 1.82) is 0 Å². The third-order valence-electron chi connectivity index (χ3n) is 4.36. The van der Waals surface area contributed by atoms with Crippen LogP contribution in [0.5, 0.6) is 0 Å². The number of nitrogens with zero attached hydrogens (tertiary/aromatic N) is 3. The number of nitrogens with one attached hydrogen (secondary N) is 1. The first-order valence-corrected chi connectivity index (χ1v) is 12.8. The molecule has 20 heteroatoms. The van der Waals surface area contributed by atoms with Crippen LogP contribution in [0.3, 0.4) is 0 Å². The van der Waals surface area contributed by atoms with Crippen molar-refractivity contribution in [2.45, 2.75) is 24.7 Å². The lowest BCUT2D eigenvalue weighted by Gasteiger charge is -2.19. The zero-order valence-electron chi connectivity index (χ0n) is 15.1. The van der Waals surface area contributed by atoms with Crippen molar-refractivity contribution in [2.75, 3.05) is 6.61 Å². The SMILES string of the molecule is O=c1[nH]cnc2c1ncn2[C@@H]1CC(COP(=O)(O)OP(=O)(O)OP(=O)(O)O)[C@@H](O)[C@H]1O. The molecule has 3 rings (SSSR count). The number of imidazole rings is 1. The highest BCUT2D eigenvalue weighted by Crippen LogP contribution is 2.66. The van der Waals surface area contributed by atoms with Crippen molar-refractivity contribution >= 4 is 34.6 Å². The second kappa shape index (κ2) is 8.56. The largest absolute Gasteiger partial charge is 0.490 e. The van der Waals surface area contributed by atoms with E-state index in [2.05, 4.69) is 28.1 Å². The van der Waals surface area contributed by atoms with Gasteiger partial charge in [-0.1, -0.05) is 0 Å². The van der Waals surface area contributed by atoms with Gasteiger partial charge in [0.05, 0.1) is 31.4 Å². The molecular formula is C11H17N4O13P3. The first kappa shape index (κ1) is 24.3. The van der Waals surface area contributed by atoms with Gasteiger partial charge in [-0.3, -0.25) is 9.32 Å². The van der Waals surface area contributed by atoms with Crippen molar-refractivity contribution in [3.63, 3.8) is 0 Å². The molecule has 0 aliphatic heterocycles. The smallest absolute Gasteiger partial charge is 0.390 e. The highest BCUT2D eigenvalue weighted by molar-refractivity contribution is 7.66. The first-order valence-electron chi connectivity index (χ1n) is 8.24. The van der Waals surface area contributed by atoms with Crippen LogP contribution in [0.25, 0.3) is 11.2 Å². The maximum atomic E-state index is 11.8. The lowest BCUT2D eigenvalue weighted by Crippen LogP contribution is -2.30. The number of fused-ring (bicyclic) bond motifs is 1. The molecule has 2 aromatic heterocycles. The Morgan fingerprint density at radius 2 is 1.74 bits per heavy atom. The molecule has 1 saturated carbocycles. The van der Waals surface area contributed by atoms with Gasteiger partial charge in [0.1, 0.15) is 6.10 Å². The van der Waals surface area contributed by atoms with Gasteiger partial charge in [-0.25, -0.2) is 23.7 Å². The van der Waals surface area contributed by atoms with E-state index >= 15 is 0 Å². The minimum absolute atomic E-state index is 0.0131. The van der Waals surface area contributed by atoms with E-state index in [4.69, 9.17) is 14.7 Å². The number of hydrogen-bond donors (Lipinski definition) is 7. The molecule has 0 amide bonds. The quantitative estimate of drug-likeness (QED) is 0.206. The summed E-state index contributed by atoms with van der Waals surface area (Å²) in [7, 11) is -16.6. The van der Waals surface area contributed by atoms with Gasteiger partial charge in [0.15, 0.2) is 11.2 Å². The van der Waals surface area contributed by atoms with Crippen molar-refractivity contribution in [1.82, 2.24) is 19.5 Å². The number of aromatic nitrogens is 4. The molecule has 0 saturated heterocycles. The van der Waals surface area contributed by atoms with Crippen molar-refractivity contribution in [3.05, 3.63) is 23.0 Å². The lowest BCUT2D eigenvalue weighted by atomic mass is 10.1. The summed E-state index contributed by atoms with van der Waals surface area (Å²) >= 11 is 0. The maximum Gasteiger partial charge on any atom is 0.490 e. The Balaban J connectivity index is 1.70. The van der Waals surface area contributed by atoms with Gasteiger partial charge in [0, 0.05) is 5.92 Å². The average Bonchev–Trinajstić information content (AvgIpc) is 3.13. The molecule has 2 heterocycles. The zero-order chi connectivity index (χ0) is 23.2. The zero-order valence-corrected chi connectivity index (χ0v) is 17.8. The van der Waals surface area contributed by atoms with Crippen molar-refractivity contribution in [2.24, 2.45) is 5.92 Å². The molecule has 174 valence electrons. The lowest BCUT2D eigenvalue weighted by molar-refractivity contribution is -0.00372. The molecular weight excluding hydrogens is 489 g/mol. The van der Waals surface area contributed by atoms with Gasteiger partial charge in [0.2, 0.25) is 0 Å². The van der Waals surface area contributed by atoms with E-state index in [1.165, 1.54) is 10.9 Å². The minimum atomic E-state index is -5.67. The second-order valence-corrected chi connectivity index (χ2v) is 10.9. The van der Waals surface area contributed by atoms with Crippen LogP contribution < -0.4 is 5.56 Å². The molecule has 0 aromatic carbocycles. The van der Waals surface area contributed by atoms with Crippen molar-refractivity contribution < 1.29 is 56.6 Å². The molecule has 1 aliphatic carbocycles. The maximum absolute atomic E-state index is 11.8. The van der Waals surface area contributed by atoms with Crippen LogP contribution in [-0.2, 0) is 26.8 Å². The number of rotatable bonds is 8. The molecule has 6 atom stereocenters. The molecule has 0 spiro atoms. The Labute approximate surface area is 171 Å². The molecule has 1 fully saturated rings. The van der Waals surface area contributed by atoms with Crippen LogP contribution in [0.15, 0.2) is 17.4 Å². The predicted octanol–water partition coefficient (Wildman–Crippen LogP) is -1.25. The molecule has 1 aliphatic rings. The molecule has 0 bridgehead atoms. The monoisotopic (exact) mass is 506 g/mol. The Kier molecular flexibility index (Phi) is 6.71. The third kappa shape index (κ3) is 5.73. The number of hydrogen-bond acceptors (Lipinski definition) is 11. The number of aliphatic hydroxyl groups excluding tert-OH is 2. The molecule has 2 aromatic rings. The van der Waals surface area contributed by atoms with E-state index in [1.807, 2.05) is 0 Å². The number of phosphoric ester groups is 1. The van der Waals surface area contributed by atoms with Crippen LogP contribution in [-0.4, -0.2) is 68.1 Å². The second-order valence-electron chi connectivity index (χ2n) is 6.49. The van der Waals surface area contributed by atoms with E-state index < -0.39 is 59.8 Å². The highest BCUT2D eigenvalue weighted by atomic mass is 31.3. The summed E-state index contributed by atoms with van der Waals surface area (Å²) in [5.41, 5.74) is -0.421. The fourth-order valence-electron chi connectivity index (χ4n) is 3.14. The van der Waals surface area contributed by atoms with E-state index in [-0.39, 0.29) is 17.6 Å². The molecule has 3 unspecified atom stereocenters. The van der Waals surface area contributed by atoms with Gasteiger partial charge in [-0.2, -0.15) is 8.62 Å². The van der Waals surface area contributed by atoms with Crippen LogP contribution in [0.4, 0.5) is 0 Å². The van der Waals surface area contributed by atoms with Gasteiger partial charge < -0.3 is 39.3 Å². The third-order valence-corrected chi connectivity index (χ3v) is 8.16. The van der Waals surface area contributed by atoms with Gasteiger partial charge in [-0.15, -0.1) is 0 Å². The predicted molar refractivity (Wildman–Crippen MR) is 97.1 cm³/mol. The Morgan fingerprint density at radius 1 is 1.06 bits per heavy atom. The van der Waals surface area contributed by atoms with E-state index in [1.54, 1.807) is 0 Å². The number of H-pyrrole nitrogens is 1. The summed E-state index contributed by atoms with van der Waals surface area (Å²) in [6.45, 7) is -0.765. The van der Waals surface area contributed by atoms with E-state index in [0.29, 0.717) is 0 Å². The Bertz CT molecular complexity index is 1160. The van der Waals surface area contributed by atoms with Crippen LogP contribution in [0.2, 0.25) is 0 Å². The summed E-state index contributed by atoms with van der Waals surface area (Å²) in [5, 5.41) is 20.6. The van der Waals surface area contributed by atoms with Crippen LogP contribution in [0, 0.1) is 5.92 Å². The van der Waals surface area contributed by atoms with E-state index in [0.717, 1.165) is 6.33 Å². The van der Waals surface area contributed by atoms with Gasteiger partial charge in [-0.05, 0) is 6.42 Å². The topological polar surface area (TPSA) is 264 Å². The molecule has 31 heavy (non-hydrogen) atoms. The highest BCUT2D eigenvalue weighted by Gasteiger charge is 2.46. The fourth-order valence-corrected chi connectivity index (χ4v) is 6.21. The normalized spacial score (nSPS) is 28.5.